The van der Waals surface area contributed by atoms with Crippen molar-refractivity contribution in [1.82, 2.24) is 10.2 Å². The van der Waals surface area contributed by atoms with E-state index < -0.39 is 0 Å². The fourth-order valence-electron chi connectivity index (χ4n) is 3.67. The standard InChI is InChI=1S/C16H34N2O2/c1-16(2)8-6-7-14(15(16)17-3)13-18(9-11-19-4)10-12-20-5/h14-15,17H,6-13H2,1-5H3. The first-order valence-corrected chi connectivity index (χ1v) is 7.92. The molecule has 20 heavy (non-hydrogen) atoms. The summed E-state index contributed by atoms with van der Waals surface area (Å²) in [4.78, 5) is 2.49. The lowest BCUT2D eigenvalue weighted by atomic mass is 9.68. The monoisotopic (exact) mass is 286 g/mol. The van der Waals surface area contributed by atoms with Crippen LogP contribution in [0.5, 0.6) is 0 Å². The van der Waals surface area contributed by atoms with E-state index in [9.17, 15) is 0 Å². The molecule has 1 fully saturated rings. The second kappa shape index (κ2) is 8.98. The number of hydrogen-bond donors (Lipinski definition) is 1. The maximum atomic E-state index is 5.24. The van der Waals surface area contributed by atoms with E-state index >= 15 is 0 Å². The van der Waals surface area contributed by atoms with Crippen LogP contribution in [-0.2, 0) is 9.47 Å². The van der Waals surface area contributed by atoms with Gasteiger partial charge in [-0.15, -0.1) is 0 Å². The van der Waals surface area contributed by atoms with Gasteiger partial charge < -0.3 is 14.8 Å². The Morgan fingerprint density at radius 3 is 2.25 bits per heavy atom. The van der Waals surface area contributed by atoms with Gasteiger partial charge in [0.2, 0.25) is 0 Å². The van der Waals surface area contributed by atoms with Crippen molar-refractivity contribution < 1.29 is 9.47 Å². The summed E-state index contributed by atoms with van der Waals surface area (Å²) in [6.07, 6.45) is 3.99. The van der Waals surface area contributed by atoms with Crippen LogP contribution in [0.2, 0.25) is 0 Å². The van der Waals surface area contributed by atoms with Crippen LogP contribution in [0.3, 0.4) is 0 Å². The molecule has 1 rings (SSSR count). The van der Waals surface area contributed by atoms with Crippen molar-refractivity contribution in [3.63, 3.8) is 0 Å². The highest BCUT2D eigenvalue weighted by molar-refractivity contribution is 4.93. The van der Waals surface area contributed by atoms with Crippen LogP contribution < -0.4 is 5.32 Å². The van der Waals surface area contributed by atoms with Crippen molar-refractivity contribution in [1.29, 1.82) is 0 Å². The third-order valence-electron chi connectivity index (χ3n) is 4.74. The van der Waals surface area contributed by atoms with Crippen LogP contribution in [0.25, 0.3) is 0 Å². The molecule has 0 amide bonds. The zero-order valence-electron chi connectivity index (χ0n) is 14.1. The number of ether oxygens (including phenoxy) is 2. The van der Waals surface area contributed by atoms with Gasteiger partial charge in [0, 0.05) is 39.9 Å². The number of methoxy groups -OCH3 is 2. The smallest absolute Gasteiger partial charge is 0.0589 e. The van der Waals surface area contributed by atoms with Gasteiger partial charge in [0.1, 0.15) is 0 Å². The lowest BCUT2D eigenvalue weighted by Crippen LogP contribution is -2.52. The molecule has 0 aromatic heterocycles. The Kier molecular flexibility index (Phi) is 8.03. The quantitative estimate of drug-likeness (QED) is 0.703. The molecule has 2 atom stereocenters. The van der Waals surface area contributed by atoms with Crippen molar-refractivity contribution in [2.45, 2.75) is 39.2 Å². The summed E-state index contributed by atoms with van der Waals surface area (Å²) < 4.78 is 10.5. The summed E-state index contributed by atoms with van der Waals surface area (Å²) in [6, 6.07) is 0.601. The van der Waals surface area contributed by atoms with Gasteiger partial charge in [0.05, 0.1) is 13.2 Å². The van der Waals surface area contributed by atoms with E-state index in [0.29, 0.717) is 11.5 Å². The number of nitrogens with zero attached hydrogens (tertiary/aromatic N) is 1. The first-order chi connectivity index (χ1) is 9.55. The molecule has 0 heterocycles. The van der Waals surface area contributed by atoms with Gasteiger partial charge in [-0.1, -0.05) is 20.3 Å². The summed E-state index contributed by atoms with van der Waals surface area (Å²) in [5.74, 6) is 0.720. The fraction of sp³-hybridized carbons (Fsp3) is 1.00. The van der Waals surface area contributed by atoms with E-state index in [2.05, 4.69) is 31.1 Å². The van der Waals surface area contributed by atoms with Crippen LogP contribution in [0.4, 0.5) is 0 Å². The molecule has 1 aliphatic carbocycles. The lowest BCUT2D eigenvalue weighted by Gasteiger charge is -2.45. The summed E-state index contributed by atoms with van der Waals surface area (Å²) in [6.45, 7) is 9.51. The van der Waals surface area contributed by atoms with Crippen molar-refractivity contribution >= 4 is 0 Å². The molecule has 1 N–H and O–H groups in total. The largest absolute Gasteiger partial charge is 0.383 e. The van der Waals surface area contributed by atoms with Gasteiger partial charge in [-0.25, -0.2) is 0 Å². The topological polar surface area (TPSA) is 33.7 Å². The van der Waals surface area contributed by atoms with Crippen LogP contribution in [0.15, 0.2) is 0 Å². The fourth-order valence-corrected chi connectivity index (χ4v) is 3.67. The van der Waals surface area contributed by atoms with E-state index in [1.807, 2.05) is 0 Å². The first-order valence-electron chi connectivity index (χ1n) is 7.92. The SMILES string of the molecule is CNC1C(CN(CCOC)CCOC)CCCC1(C)C. The van der Waals surface area contributed by atoms with Crippen LogP contribution >= 0.6 is 0 Å². The molecule has 0 radical (unpaired) electrons. The molecule has 0 spiro atoms. The molecule has 0 aromatic carbocycles. The van der Waals surface area contributed by atoms with E-state index in [1.165, 1.54) is 19.3 Å². The summed E-state index contributed by atoms with van der Waals surface area (Å²) in [5.41, 5.74) is 0.395. The van der Waals surface area contributed by atoms with Crippen LogP contribution in [0, 0.1) is 11.3 Å². The molecule has 0 aromatic rings. The second-order valence-corrected chi connectivity index (χ2v) is 6.69. The van der Waals surface area contributed by atoms with Crippen LogP contribution in [0.1, 0.15) is 33.1 Å². The van der Waals surface area contributed by atoms with Gasteiger partial charge >= 0.3 is 0 Å². The maximum Gasteiger partial charge on any atom is 0.0589 e. The Labute approximate surface area is 125 Å². The Morgan fingerprint density at radius 1 is 1.15 bits per heavy atom. The predicted molar refractivity (Wildman–Crippen MR) is 84.2 cm³/mol. The van der Waals surface area contributed by atoms with Gasteiger partial charge in [0.15, 0.2) is 0 Å². The molecular formula is C16H34N2O2. The van der Waals surface area contributed by atoms with Gasteiger partial charge in [-0.2, -0.15) is 0 Å². The normalized spacial score (nSPS) is 26.1. The molecule has 1 aliphatic rings. The molecule has 4 heteroatoms. The number of hydrogen-bond acceptors (Lipinski definition) is 4. The lowest BCUT2D eigenvalue weighted by molar-refractivity contribution is 0.0594. The van der Waals surface area contributed by atoms with Crippen molar-refractivity contribution in [3.05, 3.63) is 0 Å². The average molecular weight is 286 g/mol. The van der Waals surface area contributed by atoms with Crippen molar-refractivity contribution in [3.8, 4) is 0 Å². The molecule has 4 nitrogen and oxygen atoms in total. The third-order valence-corrected chi connectivity index (χ3v) is 4.74. The predicted octanol–water partition coefficient (Wildman–Crippen LogP) is 2.00. The zero-order valence-corrected chi connectivity index (χ0v) is 14.1. The summed E-state index contributed by atoms with van der Waals surface area (Å²) >= 11 is 0. The van der Waals surface area contributed by atoms with Crippen molar-refractivity contribution in [2.75, 3.05) is 54.1 Å². The highest BCUT2D eigenvalue weighted by Crippen LogP contribution is 2.39. The molecule has 0 bridgehead atoms. The zero-order chi connectivity index (χ0) is 15.0. The molecule has 0 aliphatic heterocycles. The molecule has 1 saturated carbocycles. The molecule has 0 saturated heterocycles. The maximum absolute atomic E-state index is 5.24. The first kappa shape index (κ1) is 17.9. The van der Waals surface area contributed by atoms with E-state index in [0.717, 1.165) is 38.8 Å². The second-order valence-electron chi connectivity index (χ2n) is 6.69. The molecular weight excluding hydrogens is 252 g/mol. The van der Waals surface area contributed by atoms with Gasteiger partial charge in [-0.3, -0.25) is 4.90 Å². The minimum absolute atomic E-state index is 0.395. The number of rotatable bonds is 9. The van der Waals surface area contributed by atoms with E-state index in [1.54, 1.807) is 14.2 Å². The average Bonchev–Trinajstić information content (AvgIpc) is 2.41. The highest BCUT2D eigenvalue weighted by atomic mass is 16.5. The highest BCUT2D eigenvalue weighted by Gasteiger charge is 2.38. The third kappa shape index (κ3) is 5.32. The van der Waals surface area contributed by atoms with Gasteiger partial charge in [-0.05, 0) is 31.2 Å². The minimum Gasteiger partial charge on any atom is -0.383 e. The molecule has 120 valence electrons. The Hall–Kier alpha value is -0.160. The Balaban J connectivity index is 2.59. The van der Waals surface area contributed by atoms with Crippen molar-refractivity contribution in [2.24, 2.45) is 11.3 Å². The Bertz CT molecular complexity index is 251. The Morgan fingerprint density at radius 2 is 1.75 bits per heavy atom. The summed E-state index contributed by atoms with van der Waals surface area (Å²) in [5, 5.41) is 3.57. The van der Waals surface area contributed by atoms with Crippen LogP contribution in [-0.4, -0.2) is 65.1 Å². The van der Waals surface area contributed by atoms with E-state index in [4.69, 9.17) is 9.47 Å². The minimum atomic E-state index is 0.395. The van der Waals surface area contributed by atoms with E-state index in [-0.39, 0.29) is 0 Å². The number of nitrogens with one attached hydrogen (secondary N) is 1. The molecule has 2 unspecified atom stereocenters. The van der Waals surface area contributed by atoms with Gasteiger partial charge in [0.25, 0.3) is 0 Å². The summed E-state index contributed by atoms with van der Waals surface area (Å²) in [7, 11) is 5.66.